The second-order valence-electron chi connectivity index (χ2n) is 9.09. The van der Waals surface area contributed by atoms with Crippen molar-refractivity contribution in [2.24, 2.45) is 5.92 Å². The number of carbonyl (C=O) groups excluding carboxylic acids is 4. The zero-order valence-electron chi connectivity index (χ0n) is 20.5. The van der Waals surface area contributed by atoms with Crippen molar-refractivity contribution in [3.8, 4) is 0 Å². The van der Waals surface area contributed by atoms with Crippen LogP contribution in [0.3, 0.4) is 0 Å². The molecule has 0 radical (unpaired) electrons. The van der Waals surface area contributed by atoms with Crippen LogP contribution in [0.2, 0.25) is 5.02 Å². The van der Waals surface area contributed by atoms with Crippen molar-refractivity contribution in [1.82, 2.24) is 9.88 Å². The number of furan rings is 1. The number of amides is 3. The zero-order valence-corrected chi connectivity index (χ0v) is 21.2. The first kappa shape index (κ1) is 25.5. The first-order valence-corrected chi connectivity index (χ1v) is 12.5. The highest BCUT2D eigenvalue weighted by Crippen LogP contribution is 2.36. The SMILES string of the molecule is COC(=O)c1cccc2oc(C(=O)Nc3ccc(Cl)cn3)c(NC(=O)[C@H]3CC[C@H](N4CCOC4=O)CC3)c12. The molecule has 11 nitrogen and oxygen atoms in total. The number of anilines is 2. The van der Waals surface area contributed by atoms with Gasteiger partial charge in [-0.25, -0.2) is 14.6 Å². The van der Waals surface area contributed by atoms with E-state index in [2.05, 4.69) is 15.6 Å². The molecule has 2 aliphatic rings. The molecule has 0 spiro atoms. The van der Waals surface area contributed by atoms with Crippen molar-refractivity contribution in [3.63, 3.8) is 0 Å². The number of carbonyl (C=O) groups is 4. The van der Waals surface area contributed by atoms with Gasteiger partial charge in [0.25, 0.3) is 5.91 Å². The van der Waals surface area contributed by atoms with Gasteiger partial charge in [0.2, 0.25) is 11.7 Å². The van der Waals surface area contributed by atoms with Crippen molar-refractivity contribution in [2.45, 2.75) is 31.7 Å². The van der Waals surface area contributed by atoms with E-state index in [1.807, 2.05) is 0 Å². The number of pyridine rings is 1. The molecular formula is C26H25ClN4O7. The Morgan fingerprint density at radius 2 is 1.89 bits per heavy atom. The second kappa shape index (κ2) is 10.7. The molecule has 2 fully saturated rings. The van der Waals surface area contributed by atoms with E-state index in [1.54, 1.807) is 23.1 Å². The lowest BCUT2D eigenvalue weighted by molar-refractivity contribution is -0.121. The summed E-state index contributed by atoms with van der Waals surface area (Å²) in [5.41, 5.74) is 0.445. The number of esters is 1. The summed E-state index contributed by atoms with van der Waals surface area (Å²) in [7, 11) is 1.24. The standard InChI is InChI=1S/C26H25ClN4O7/c1-36-25(34)17-3-2-4-18-20(17)21(22(38-18)24(33)29-19-10-7-15(27)13-28-19)30-23(32)14-5-8-16(9-6-14)31-11-12-37-26(31)35/h2-4,7,10,13-14,16H,5-6,8-9,11-12H2,1H3,(H,30,32)(H,28,29,33)/t14-,16-. The molecule has 198 valence electrons. The van der Waals surface area contributed by atoms with Crippen LogP contribution in [0, 0.1) is 5.92 Å². The van der Waals surface area contributed by atoms with Crippen molar-refractivity contribution in [1.29, 1.82) is 0 Å². The van der Waals surface area contributed by atoms with Crippen LogP contribution < -0.4 is 10.6 Å². The van der Waals surface area contributed by atoms with E-state index in [1.165, 1.54) is 25.4 Å². The summed E-state index contributed by atoms with van der Waals surface area (Å²) in [5.74, 6) is -1.93. The molecule has 3 heterocycles. The number of hydrogen-bond acceptors (Lipinski definition) is 8. The average Bonchev–Trinajstić information content (AvgIpc) is 3.53. The number of nitrogens with zero attached hydrogens (tertiary/aromatic N) is 2. The molecule has 0 bridgehead atoms. The smallest absolute Gasteiger partial charge is 0.410 e. The largest absolute Gasteiger partial charge is 0.465 e. The van der Waals surface area contributed by atoms with Gasteiger partial charge in [-0.3, -0.25) is 9.59 Å². The highest BCUT2D eigenvalue weighted by Gasteiger charge is 2.35. The molecule has 5 rings (SSSR count). The van der Waals surface area contributed by atoms with E-state index < -0.39 is 11.9 Å². The van der Waals surface area contributed by atoms with Gasteiger partial charge >= 0.3 is 12.1 Å². The second-order valence-corrected chi connectivity index (χ2v) is 9.53. The molecular weight excluding hydrogens is 516 g/mol. The molecule has 12 heteroatoms. The summed E-state index contributed by atoms with van der Waals surface area (Å²) in [4.78, 5) is 56.8. The predicted octanol–water partition coefficient (Wildman–Crippen LogP) is 4.47. The Morgan fingerprint density at radius 3 is 2.55 bits per heavy atom. The number of hydrogen-bond donors (Lipinski definition) is 2. The minimum absolute atomic E-state index is 0.0305. The number of aromatic nitrogens is 1. The van der Waals surface area contributed by atoms with Crippen LogP contribution in [0.4, 0.5) is 16.3 Å². The Labute approximate surface area is 222 Å². The van der Waals surface area contributed by atoms with Gasteiger partial charge in [0, 0.05) is 18.2 Å². The Balaban J connectivity index is 1.42. The fourth-order valence-electron chi connectivity index (χ4n) is 4.94. The Kier molecular flexibility index (Phi) is 7.19. The molecule has 0 unspecified atom stereocenters. The summed E-state index contributed by atoms with van der Waals surface area (Å²) >= 11 is 5.88. The molecule has 1 saturated heterocycles. The van der Waals surface area contributed by atoms with Crippen LogP contribution in [0.25, 0.3) is 11.0 Å². The minimum Gasteiger partial charge on any atom is -0.465 e. The maximum Gasteiger partial charge on any atom is 0.410 e. The highest BCUT2D eigenvalue weighted by atomic mass is 35.5. The molecule has 38 heavy (non-hydrogen) atoms. The molecule has 2 aromatic heterocycles. The third kappa shape index (κ3) is 5.01. The fraction of sp³-hybridized carbons (Fsp3) is 0.346. The average molecular weight is 541 g/mol. The van der Waals surface area contributed by atoms with Crippen molar-refractivity contribution in [2.75, 3.05) is 30.9 Å². The number of fused-ring (bicyclic) bond motifs is 1. The summed E-state index contributed by atoms with van der Waals surface area (Å²) in [6.45, 7) is 0.935. The number of ether oxygens (including phenoxy) is 2. The van der Waals surface area contributed by atoms with Crippen LogP contribution in [0.5, 0.6) is 0 Å². The van der Waals surface area contributed by atoms with Gasteiger partial charge in [0.05, 0.1) is 29.6 Å². The molecule has 1 aliphatic heterocycles. The first-order chi connectivity index (χ1) is 18.4. The quantitative estimate of drug-likeness (QED) is 0.436. The van der Waals surface area contributed by atoms with E-state index in [4.69, 9.17) is 25.5 Å². The molecule has 2 N–H and O–H groups in total. The van der Waals surface area contributed by atoms with Crippen molar-refractivity contribution >= 4 is 58.0 Å². The van der Waals surface area contributed by atoms with E-state index >= 15 is 0 Å². The molecule has 3 amide bonds. The Bertz CT molecular complexity index is 1400. The van der Waals surface area contributed by atoms with Gasteiger partial charge in [-0.1, -0.05) is 17.7 Å². The maximum absolute atomic E-state index is 13.4. The van der Waals surface area contributed by atoms with Crippen molar-refractivity contribution in [3.05, 3.63) is 52.9 Å². The van der Waals surface area contributed by atoms with Crippen LogP contribution in [0.15, 0.2) is 40.9 Å². The topological polar surface area (TPSA) is 140 Å². The maximum atomic E-state index is 13.4. The minimum atomic E-state index is -0.668. The van der Waals surface area contributed by atoms with Gasteiger partial charge < -0.3 is 29.4 Å². The number of nitrogens with one attached hydrogen (secondary N) is 2. The summed E-state index contributed by atoms with van der Waals surface area (Å²) in [5, 5.41) is 6.13. The van der Waals surface area contributed by atoms with Gasteiger partial charge in [0.1, 0.15) is 23.7 Å². The summed E-state index contributed by atoms with van der Waals surface area (Å²) < 4.78 is 15.8. The van der Waals surface area contributed by atoms with E-state index in [0.717, 1.165) is 0 Å². The Hall–Kier alpha value is -4.12. The zero-order chi connectivity index (χ0) is 26.8. The van der Waals surface area contributed by atoms with Gasteiger partial charge in [-0.15, -0.1) is 0 Å². The van der Waals surface area contributed by atoms with Crippen LogP contribution in [-0.4, -0.2) is 60.1 Å². The van der Waals surface area contributed by atoms with Gasteiger partial charge in [0.15, 0.2) is 0 Å². The van der Waals surface area contributed by atoms with Gasteiger partial charge in [-0.05, 0) is 49.9 Å². The van der Waals surface area contributed by atoms with E-state index in [9.17, 15) is 19.2 Å². The normalized spacial score (nSPS) is 19.2. The van der Waals surface area contributed by atoms with Crippen LogP contribution in [-0.2, 0) is 14.3 Å². The first-order valence-electron chi connectivity index (χ1n) is 12.2. The lowest BCUT2D eigenvalue weighted by atomic mass is 9.84. The van der Waals surface area contributed by atoms with E-state index in [0.29, 0.717) is 43.9 Å². The molecule has 0 atom stereocenters. The summed E-state index contributed by atoms with van der Waals surface area (Å²) in [6, 6.07) is 7.84. The molecule has 1 saturated carbocycles. The number of rotatable bonds is 6. The third-order valence-electron chi connectivity index (χ3n) is 6.84. The van der Waals surface area contributed by atoms with E-state index in [-0.39, 0.29) is 57.8 Å². The van der Waals surface area contributed by atoms with Crippen LogP contribution >= 0.6 is 11.6 Å². The lowest BCUT2D eigenvalue weighted by Gasteiger charge is -2.32. The number of cyclic esters (lactones) is 1. The number of methoxy groups -OCH3 is 1. The Morgan fingerprint density at radius 1 is 1.11 bits per heavy atom. The molecule has 1 aromatic carbocycles. The summed E-state index contributed by atoms with van der Waals surface area (Å²) in [6.07, 6.45) is 3.48. The number of benzene rings is 1. The number of halogens is 1. The molecule has 1 aliphatic carbocycles. The third-order valence-corrected chi connectivity index (χ3v) is 7.07. The van der Waals surface area contributed by atoms with Crippen molar-refractivity contribution < 1.29 is 33.1 Å². The molecule has 3 aromatic rings. The fourth-order valence-corrected chi connectivity index (χ4v) is 5.05. The predicted molar refractivity (Wildman–Crippen MR) is 137 cm³/mol. The van der Waals surface area contributed by atoms with Crippen LogP contribution in [0.1, 0.15) is 46.6 Å². The van der Waals surface area contributed by atoms with Gasteiger partial charge in [-0.2, -0.15) is 0 Å². The lowest BCUT2D eigenvalue weighted by Crippen LogP contribution is -2.40. The highest BCUT2D eigenvalue weighted by molar-refractivity contribution is 6.30. The monoisotopic (exact) mass is 540 g/mol.